The fourth-order valence-corrected chi connectivity index (χ4v) is 2.30. The van der Waals surface area contributed by atoms with Gasteiger partial charge in [-0.05, 0) is 12.5 Å². The van der Waals surface area contributed by atoms with Crippen LogP contribution in [0, 0.1) is 6.92 Å². The maximum absolute atomic E-state index is 11.4. The Morgan fingerprint density at radius 2 is 2.38 bits per heavy atom. The molecule has 0 aliphatic carbocycles. The molecule has 0 atom stereocenters. The summed E-state index contributed by atoms with van der Waals surface area (Å²) in [6.07, 6.45) is 1.66. The minimum Gasteiger partial charge on any atom is -0.272 e. The number of amides is 1. The van der Waals surface area contributed by atoms with E-state index in [9.17, 15) is 4.79 Å². The number of thiocarbonyl (C=S) groups is 1. The Labute approximate surface area is 104 Å². The third-order valence-electron chi connectivity index (χ3n) is 2.09. The third kappa shape index (κ3) is 2.48. The minimum absolute atomic E-state index is 0.0566. The van der Waals surface area contributed by atoms with E-state index < -0.39 is 0 Å². The van der Waals surface area contributed by atoms with Gasteiger partial charge in [-0.15, -0.1) is 0 Å². The first-order valence-electron chi connectivity index (χ1n) is 4.77. The van der Waals surface area contributed by atoms with Crippen molar-refractivity contribution in [1.82, 2.24) is 5.01 Å². The number of aryl methyl sites for hydroxylation is 1. The van der Waals surface area contributed by atoms with Gasteiger partial charge < -0.3 is 0 Å². The van der Waals surface area contributed by atoms with Crippen molar-refractivity contribution in [3.63, 3.8) is 0 Å². The molecule has 5 heteroatoms. The highest BCUT2D eigenvalue weighted by Crippen LogP contribution is 2.19. The monoisotopic (exact) mass is 250 g/mol. The van der Waals surface area contributed by atoms with Gasteiger partial charge >= 0.3 is 0 Å². The number of carbonyl (C=O) groups is 1. The number of nitrogens with zero attached hydrogens (tertiary/aromatic N) is 2. The number of thioether (sulfide) groups is 1. The molecule has 0 saturated carbocycles. The molecule has 0 bridgehead atoms. The van der Waals surface area contributed by atoms with Crippen LogP contribution in [-0.4, -0.2) is 27.2 Å². The molecule has 1 aromatic carbocycles. The van der Waals surface area contributed by atoms with Crippen molar-refractivity contribution < 1.29 is 4.79 Å². The van der Waals surface area contributed by atoms with Gasteiger partial charge in [-0.2, -0.15) is 10.1 Å². The van der Waals surface area contributed by atoms with Crippen molar-refractivity contribution in [2.24, 2.45) is 5.10 Å². The molecular formula is C11H10N2OS2. The predicted octanol–water partition coefficient (Wildman–Crippen LogP) is 2.19. The van der Waals surface area contributed by atoms with Crippen LogP contribution in [0.4, 0.5) is 0 Å². The second-order valence-corrected chi connectivity index (χ2v) is 5.03. The van der Waals surface area contributed by atoms with Crippen LogP contribution in [0.5, 0.6) is 0 Å². The number of rotatable bonds is 2. The molecular weight excluding hydrogens is 240 g/mol. The maximum atomic E-state index is 11.4. The van der Waals surface area contributed by atoms with Gasteiger partial charge in [0, 0.05) is 0 Å². The molecule has 0 aromatic heterocycles. The summed E-state index contributed by atoms with van der Waals surface area (Å²) in [5.41, 5.74) is 2.13. The average Bonchev–Trinajstić information content (AvgIpc) is 2.56. The SMILES string of the molecule is Cc1cccc(C=NN2C(=O)CSC2=S)c1. The van der Waals surface area contributed by atoms with Gasteiger partial charge in [-0.3, -0.25) is 4.79 Å². The summed E-state index contributed by atoms with van der Waals surface area (Å²) in [7, 11) is 0. The molecule has 82 valence electrons. The fraction of sp³-hybridized carbons (Fsp3) is 0.182. The van der Waals surface area contributed by atoms with Crippen LogP contribution in [-0.2, 0) is 4.79 Å². The van der Waals surface area contributed by atoms with E-state index in [1.807, 2.05) is 31.2 Å². The fourth-order valence-electron chi connectivity index (χ4n) is 1.33. The standard InChI is InChI=1S/C11H10N2OS2/c1-8-3-2-4-9(5-8)6-12-13-10(14)7-16-11(13)15/h2-6H,7H2,1H3. The number of benzene rings is 1. The zero-order chi connectivity index (χ0) is 11.5. The van der Waals surface area contributed by atoms with Crippen molar-refractivity contribution in [3.8, 4) is 0 Å². The Hall–Kier alpha value is -1.20. The van der Waals surface area contributed by atoms with Gasteiger partial charge in [-0.25, -0.2) is 0 Å². The molecule has 0 spiro atoms. The molecule has 0 N–H and O–H groups in total. The quantitative estimate of drug-likeness (QED) is 0.596. The highest BCUT2D eigenvalue weighted by Gasteiger charge is 2.25. The lowest BCUT2D eigenvalue weighted by molar-refractivity contribution is -0.123. The first-order valence-corrected chi connectivity index (χ1v) is 6.16. The number of hydrogen-bond acceptors (Lipinski definition) is 4. The summed E-state index contributed by atoms with van der Waals surface area (Å²) in [6.45, 7) is 2.01. The molecule has 1 aliphatic rings. The van der Waals surface area contributed by atoms with Crippen LogP contribution in [0.15, 0.2) is 29.4 Å². The number of hydrogen-bond donors (Lipinski definition) is 0. The van der Waals surface area contributed by atoms with Gasteiger partial charge in [0.25, 0.3) is 5.91 Å². The van der Waals surface area contributed by atoms with E-state index in [2.05, 4.69) is 5.10 Å². The summed E-state index contributed by atoms with van der Waals surface area (Å²) in [5, 5.41) is 5.37. The van der Waals surface area contributed by atoms with Crippen molar-refractivity contribution >= 4 is 40.4 Å². The van der Waals surface area contributed by atoms with Crippen molar-refractivity contribution in [2.45, 2.75) is 6.92 Å². The lowest BCUT2D eigenvalue weighted by atomic mass is 10.2. The second-order valence-electron chi connectivity index (χ2n) is 3.42. The van der Waals surface area contributed by atoms with Gasteiger partial charge in [0.2, 0.25) is 0 Å². The van der Waals surface area contributed by atoms with Gasteiger partial charge in [0.1, 0.15) is 0 Å². The Balaban J connectivity index is 2.15. The maximum Gasteiger partial charge on any atom is 0.259 e. The Bertz CT molecular complexity index is 455. The van der Waals surface area contributed by atoms with E-state index in [0.717, 1.165) is 11.1 Å². The third-order valence-corrected chi connectivity index (χ3v) is 3.43. The molecule has 1 aromatic rings. The largest absolute Gasteiger partial charge is 0.272 e. The summed E-state index contributed by atoms with van der Waals surface area (Å²) >= 11 is 6.36. The normalized spacial score (nSPS) is 16.4. The van der Waals surface area contributed by atoms with Crippen LogP contribution < -0.4 is 0 Å². The molecule has 2 rings (SSSR count). The summed E-state index contributed by atoms with van der Waals surface area (Å²) in [4.78, 5) is 11.4. The first kappa shape index (κ1) is 11.3. The molecule has 1 saturated heterocycles. The highest BCUT2D eigenvalue weighted by molar-refractivity contribution is 8.23. The topological polar surface area (TPSA) is 32.7 Å². The van der Waals surface area contributed by atoms with E-state index in [0.29, 0.717) is 10.1 Å². The summed E-state index contributed by atoms with van der Waals surface area (Å²) in [5.74, 6) is 0.336. The lowest BCUT2D eigenvalue weighted by Gasteiger charge is -2.06. The average molecular weight is 250 g/mol. The molecule has 1 fully saturated rings. The number of hydrazone groups is 1. The molecule has 3 nitrogen and oxygen atoms in total. The van der Waals surface area contributed by atoms with E-state index in [-0.39, 0.29) is 5.91 Å². The summed E-state index contributed by atoms with van der Waals surface area (Å²) in [6, 6.07) is 7.90. The molecule has 0 radical (unpaired) electrons. The Morgan fingerprint density at radius 3 is 3.00 bits per heavy atom. The molecule has 1 heterocycles. The van der Waals surface area contributed by atoms with E-state index >= 15 is 0 Å². The molecule has 0 unspecified atom stereocenters. The molecule has 1 aliphatic heterocycles. The first-order chi connectivity index (χ1) is 7.66. The van der Waals surface area contributed by atoms with E-state index in [1.165, 1.54) is 16.8 Å². The van der Waals surface area contributed by atoms with Crippen molar-refractivity contribution in [1.29, 1.82) is 0 Å². The second kappa shape index (κ2) is 4.76. The van der Waals surface area contributed by atoms with Gasteiger partial charge in [0.05, 0.1) is 12.0 Å². The zero-order valence-electron chi connectivity index (χ0n) is 8.71. The van der Waals surface area contributed by atoms with Crippen molar-refractivity contribution in [2.75, 3.05) is 5.75 Å². The van der Waals surface area contributed by atoms with E-state index in [4.69, 9.17) is 12.2 Å². The van der Waals surface area contributed by atoms with Crippen molar-refractivity contribution in [3.05, 3.63) is 35.4 Å². The summed E-state index contributed by atoms with van der Waals surface area (Å²) < 4.78 is 0.522. The Morgan fingerprint density at radius 1 is 1.56 bits per heavy atom. The Kier molecular flexibility index (Phi) is 3.36. The molecule has 16 heavy (non-hydrogen) atoms. The highest BCUT2D eigenvalue weighted by atomic mass is 32.2. The smallest absolute Gasteiger partial charge is 0.259 e. The van der Waals surface area contributed by atoms with E-state index in [1.54, 1.807) is 6.21 Å². The van der Waals surface area contributed by atoms with Crippen LogP contribution >= 0.6 is 24.0 Å². The van der Waals surface area contributed by atoms with Gasteiger partial charge in [0.15, 0.2) is 4.32 Å². The van der Waals surface area contributed by atoms with Crippen LogP contribution in [0.25, 0.3) is 0 Å². The van der Waals surface area contributed by atoms with Gasteiger partial charge in [-0.1, -0.05) is 53.8 Å². The number of carbonyl (C=O) groups excluding carboxylic acids is 1. The molecule has 1 amide bonds. The van der Waals surface area contributed by atoms with Crippen LogP contribution in [0.3, 0.4) is 0 Å². The minimum atomic E-state index is -0.0566. The predicted molar refractivity (Wildman–Crippen MR) is 70.7 cm³/mol. The lowest BCUT2D eigenvalue weighted by Crippen LogP contribution is -2.22. The van der Waals surface area contributed by atoms with Crippen LogP contribution in [0.1, 0.15) is 11.1 Å². The zero-order valence-corrected chi connectivity index (χ0v) is 10.3. The van der Waals surface area contributed by atoms with Crippen LogP contribution in [0.2, 0.25) is 0 Å².